The maximum absolute atomic E-state index is 11.6. The van der Waals surface area contributed by atoms with Gasteiger partial charge in [-0.15, -0.1) is 0 Å². The normalized spacial score (nSPS) is 9.89. The van der Waals surface area contributed by atoms with Crippen molar-refractivity contribution in [1.29, 1.82) is 0 Å². The molecule has 0 unspecified atom stereocenters. The van der Waals surface area contributed by atoms with Gasteiger partial charge in [-0.05, 0) is 24.6 Å². The van der Waals surface area contributed by atoms with Crippen LogP contribution in [0.5, 0.6) is 5.75 Å². The Morgan fingerprint density at radius 2 is 1.78 bits per heavy atom. The highest BCUT2D eigenvalue weighted by molar-refractivity contribution is 5.84. The summed E-state index contributed by atoms with van der Waals surface area (Å²) in [6.07, 6.45) is 0.719. The van der Waals surface area contributed by atoms with Crippen molar-refractivity contribution < 1.29 is 19.1 Å². The second-order valence-corrected chi connectivity index (χ2v) is 3.87. The van der Waals surface area contributed by atoms with E-state index in [4.69, 9.17) is 9.47 Å². The van der Waals surface area contributed by atoms with E-state index in [1.54, 1.807) is 14.0 Å². The minimum atomic E-state index is -0.319. The molecule has 0 aromatic heterocycles. The van der Waals surface area contributed by atoms with Gasteiger partial charge in [0.2, 0.25) is 0 Å². The van der Waals surface area contributed by atoms with Crippen molar-refractivity contribution >= 4 is 11.8 Å². The van der Waals surface area contributed by atoms with E-state index in [0.29, 0.717) is 13.0 Å². The summed E-state index contributed by atoms with van der Waals surface area (Å²) >= 11 is 0. The van der Waals surface area contributed by atoms with Crippen molar-refractivity contribution in [2.45, 2.75) is 26.2 Å². The van der Waals surface area contributed by atoms with E-state index in [1.807, 2.05) is 24.3 Å². The number of benzene rings is 1. The average Bonchev–Trinajstić information content (AvgIpc) is 2.38. The molecule has 0 spiro atoms. The number of esters is 1. The van der Waals surface area contributed by atoms with Crippen LogP contribution in [0.4, 0.5) is 0 Å². The zero-order chi connectivity index (χ0) is 13.4. The first kappa shape index (κ1) is 14.2. The van der Waals surface area contributed by atoms with E-state index in [9.17, 15) is 9.59 Å². The molecule has 18 heavy (non-hydrogen) atoms. The topological polar surface area (TPSA) is 52.6 Å². The summed E-state index contributed by atoms with van der Waals surface area (Å²) in [6, 6.07) is 7.32. The molecule has 0 aliphatic heterocycles. The molecule has 0 atom stereocenters. The lowest BCUT2D eigenvalue weighted by Gasteiger charge is -2.03. The van der Waals surface area contributed by atoms with E-state index in [-0.39, 0.29) is 24.6 Å². The van der Waals surface area contributed by atoms with Crippen LogP contribution in [0.1, 0.15) is 25.3 Å². The Bertz CT molecular complexity index is 395. The molecular formula is C14H18O4. The standard InChI is InChI=1S/C14H18O4/c1-3-18-14(16)9-6-12(15)10-11-4-7-13(17-2)8-5-11/h4-5,7-8H,3,6,9-10H2,1-2H3. The molecule has 0 amide bonds. The zero-order valence-corrected chi connectivity index (χ0v) is 10.8. The number of rotatable bonds is 7. The molecule has 4 heteroatoms. The lowest BCUT2D eigenvalue weighted by atomic mass is 10.1. The first-order valence-electron chi connectivity index (χ1n) is 5.96. The fourth-order valence-electron chi connectivity index (χ4n) is 1.53. The third-order valence-electron chi connectivity index (χ3n) is 2.47. The minimum absolute atomic E-state index is 0.0354. The highest BCUT2D eigenvalue weighted by Crippen LogP contribution is 2.12. The van der Waals surface area contributed by atoms with Crippen molar-refractivity contribution in [3.63, 3.8) is 0 Å². The van der Waals surface area contributed by atoms with Crippen LogP contribution in [0.15, 0.2) is 24.3 Å². The van der Waals surface area contributed by atoms with Gasteiger partial charge >= 0.3 is 5.97 Å². The van der Waals surface area contributed by atoms with Gasteiger partial charge in [0.15, 0.2) is 0 Å². The number of carbonyl (C=O) groups is 2. The molecule has 0 heterocycles. The molecule has 1 rings (SSSR count). The van der Waals surface area contributed by atoms with Gasteiger partial charge in [0.05, 0.1) is 20.1 Å². The van der Waals surface area contributed by atoms with Crippen LogP contribution in [-0.4, -0.2) is 25.5 Å². The van der Waals surface area contributed by atoms with Crippen LogP contribution >= 0.6 is 0 Å². The van der Waals surface area contributed by atoms with Gasteiger partial charge in [-0.1, -0.05) is 12.1 Å². The number of ketones is 1. The van der Waals surface area contributed by atoms with Gasteiger partial charge in [-0.3, -0.25) is 9.59 Å². The largest absolute Gasteiger partial charge is 0.497 e. The van der Waals surface area contributed by atoms with E-state index < -0.39 is 0 Å². The molecule has 0 saturated carbocycles. The number of hydrogen-bond acceptors (Lipinski definition) is 4. The quantitative estimate of drug-likeness (QED) is 0.696. The zero-order valence-electron chi connectivity index (χ0n) is 10.8. The molecule has 0 radical (unpaired) electrons. The van der Waals surface area contributed by atoms with Gasteiger partial charge in [-0.25, -0.2) is 0 Å². The number of Topliss-reactive ketones (excluding diaryl/α,β-unsaturated/α-hetero) is 1. The number of hydrogen-bond donors (Lipinski definition) is 0. The predicted octanol–water partition coefficient (Wildman–Crippen LogP) is 2.15. The molecule has 0 saturated heterocycles. The summed E-state index contributed by atoms with van der Waals surface area (Å²) in [5.74, 6) is 0.478. The maximum Gasteiger partial charge on any atom is 0.306 e. The summed E-state index contributed by atoms with van der Waals surface area (Å²) in [6.45, 7) is 2.10. The van der Waals surface area contributed by atoms with Crippen molar-refractivity contribution in [3.05, 3.63) is 29.8 Å². The first-order valence-corrected chi connectivity index (χ1v) is 5.96. The number of ether oxygens (including phenoxy) is 2. The van der Waals surface area contributed by atoms with Crippen LogP contribution in [0.3, 0.4) is 0 Å². The van der Waals surface area contributed by atoms with Gasteiger partial charge in [-0.2, -0.15) is 0 Å². The molecule has 1 aromatic rings. The van der Waals surface area contributed by atoms with Gasteiger partial charge in [0.1, 0.15) is 11.5 Å². The van der Waals surface area contributed by atoms with E-state index in [1.165, 1.54) is 0 Å². The van der Waals surface area contributed by atoms with E-state index in [2.05, 4.69) is 0 Å². The summed E-state index contributed by atoms with van der Waals surface area (Å²) in [5.41, 5.74) is 0.921. The molecule has 0 fully saturated rings. The monoisotopic (exact) mass is 250 g/mol. The third-order valence-corrected chi connectivity index (χ3v) is 2.47. The van der Waals surface area contributed by atoms with Crippen LogP contribution in [-0.2, 0) is 20.7 Å². The molecule has 0 N–H and O–H groups in total. The third kappa shape index (κ3) is 4.99. The Hall–Kier alpha value is -1.84. The molecule has 0 aliphatic rings. The highest BCUT2D eigenvalue weighted by atomic mass is 16.5. The average molecular weight is 250 g/mol. The van der Waals surface area contributed by atoms with Crippen LogP contribution in [0, 0.1) is 0 Å². The Morgan fingerprint density at radius 3 is 2.33 bits per heavy atom. The van der Waals surface area contributed by atoms with E-state index in [0.717, 1.165) is 11.3 Å². The van der Waals surface area contributed by atoms with Gasteiger partial charge in [0, 0.05) is 12.8 Å². The summed E-state index contributed by atoms with van der Waals surface area (Å²) in [7, 11) is 1.60. The number of carbonyl (C=O) groups excluding carboxylic acids is 2. The molecular weight excluding hydrogens is 232 g/mol. The Balaban J connectivity index is 2.37. The Kier molecular flexibility index (Phi) is 5.91. The predicted molar refractivity (Wildman–Crippen MR) is 67.6 cm³/mol. The van der Waals surface area contributed by atoms with Crippen molar-refractivity contribution in [2.75, 3.05) is 13.7 Å². The molecule has 4 nitrogen and oxygen atoms in total. The van der Waals surface area contributed by atoms with E-state index >= 15 is 0 Å². The van der Waals surface area contributed by atoms with Crippen LogP contribution in [0.25, 0.3) is 0 Å². The molecule has 98 valence electrons. The summed E-state index contributed by atoms with van der Waals surface area (Å²) in [5, 5.41) is 0. The first-order chi connectivity index (χ1) is 8.65. The smallest absolute Gasteiger partial charge is 0.306 e. The lowest BCUT2D eigenvalue weighted by molar-refractivity contribution is -0.144. The summed E-state index contributed by atoms with van der Waals surface area (Å²) < 4.78 is 9.80. The summed E-state index contributed by atoms with van der Waals surface area (Å²) in [4.78, 5) is 22.7. The second kappa shape index (κ2) is 7.48. The van der Waals surface area contributed by atoms with Crippen molar-refractivity contribution in [3.8, 4) is 5.75 Å². The van der Waals surface area contributed by atoms with Crippen LogP contribution in [0.2, 0.25) is 0 Å². The van der Waals surface area contributed by atoms with Gasteiger partial charge < -0.3 is 9.47 Å². The fourth-order valence-corrected chi connectivity index (χ4v) is 1.53. The van der Waals surface area contributed by atoms with Crippen molar-refractivity contribution in [1.82, 2.24) is 0 Å². The minimum Gasteiger partial charge on any atom is -0.497 e. The Labute approximate surface area is 107 Å². The van der Waals surface area contributed by atoms with Crippen LogP contribution < -0.4 is 4.74 Å². The maximum atomic E-state index is 11.6. The molecule has 0 bridgehead atoms. The van der Waals surface area contributed by atoms with Crippen molar-refractivity contribution in [2.24, 2.45) is 0 Å². The molecule has 0 aliphatic carbocycles. The number of methoxy groups -OCH3 is 1. The lowest BCUT2D eigenvalue weighted by Crippen LogP contribution is -2.09. The Morgan fingerprint density at radius 1 is 1.11 bits per heavy atom. The van der Waals surface area contributed by atoms with Gasteiger partial charge in [0.25, 0.3) is 0 Å². The second-order valence-electron chi connectivity index (χ2n) is 3.87. The SMILES string of the molecule is CCOC(=O)CCC(=O)Cc1ccc(OC)cc1. The fraction of sp³-hybridized carbons (Fsp3) is 0.429. The highest BCUT2D eigenvalue weighted by Gasteiger charge is 2.08. The molecule has 1 aromatic carbocycles.